The number of esters is 1. The molecule has 4 aromatic rings. The van der Waals surface area contributed by atoms with Gasteiger partial charge in [-0.15, -0.1) is 0 Å². The molecule has 1 aromatic heterocycles. The van der Waals surface area contributed by atoms with Crippen LogP contribution >= 0.6 is 11.6 Å². The number of para-hydroxylation sites is 1. The minimum absolute atomic E-state index is 0.286. The topological polar surface area (TPSA) is 63.4 Å². The number of carbonyl (C=O) groups excluding carboxylic acids is 1. The fourth-order valence-corrected chi connectivity index (χ4v) is 3.66. The second-order valence-corrected chi connectivity index (χ2v) is 7.66. The summed E-state index contributed by atoms with van der Waals surface area (Å²) in [6, 6.07) is 22.6. The summed E-state index contributed by atoms with van der Waals surface area (Å²) in [4.78, 5) is 15.6. The molecule has 1 heterocycles. The minimum Gasteiger partial charge on any atom is -0.468 e. The number of aromatic amines is 1. The number of fused-ring (bicyclic) bond motifs is 1. The first-order valence-electron chi connectivity index (χ1n) is 10.0. The maximum Gasteiger partial charge on any atom is 0.323 e. The van der Waals surface area contributed by atoms with Crippen LogP contribution in [0, 0.1) is 0 Å². The average Bonchev–Trinajstić information content (AvgIpc) is 3.20. The molecule has 0 bridgehead atoms. The highest BCUT2D eigenvalue weighted by Gasteiger charge is 2.20. The molecule has 6 heteroatoms. The van der Waals surface area contributed by atoms with Crippen LogP contribution < -0.4 is 10.1 Å². The quantitative estimate of drug-likeness (QED) is 0.360. The van der Waals surface area contributed by atoms with Crippen LogP contribution in [-0.4, -0.2) is 24.1 Å². The van der Waals surface area contributed by atoms with E-state index in [4.69, 9.17) is 21.1 Å². The Hall–Kier alpha value is -3.28. The Morgan fingerprint density at radius 3 is 2.61 bits per heavy atom. The first-order valence-corrected chi connectivity index (χ1v) is 10.4. The monoisotopic (exact) mass is 434 g/mol. The zero-order chi connectivity index (χ0) is 21.6. The number of rotatable bonds is 8. The van der Waals surface area contributed by atoms with Crippen molar-refractivity contribution in [2.45, 2.75) is 19.0 Å². The van der Waals surface area contributed by atoms with Gasteiger partial charge < -0.3 is 19.8 Å². The van der Waals surface area contributed by atoms with E-state index in [2.05, 4.69) is 10.3 Å². The van der Waals surface area contributed by atoms with Gasteiger partial charge in [-0.05, 0) is 47.5 Å². The molecule has 0 aliphatic rings. The number of nitrogens with one attached hydrogen (secondary N) is 2. The number of hydrogen-bond acceptors (Lipinski definition) is 4. The predicted molar refractivity (Wildman–Crippen MR) is 123 cm³/mol. The van der Waals surface area contributed by atoms with E-state index in [0.29, 0.717) is 29.5 Å². The minimum atomic E-state index is -0.452. The molecule has 158 valence electrons. The highest BCUT2D eigenvalue weighted by atomic mass is 35.5. The van der Waals surface area contributed by atoms with Crippen LogP contribution in [0.1, 0.15) is 11.1 Å². The fraction of sp³-hybridized carbons (Fsp3) is 0.160. The highest BCUT2D eigenvalue weighted by Crippen LogP contribution is 2.24. The summed E-state index contributed by atoms with van der Waals surface area (Å²) in [6.07, 6.45) is 2.48. The summed E-state index contributed by atoms with van der Waals surface area (Å²) in [5, 5.41) is 5.06. The number of H-pyrrole nitrogens is 1. The number of aromatic nitrogens is 1. The van der Waals surface area contributed by atoms with Crippen molar-refractivity contribution in [2.75, 3.05) is 7.11 Å². The lowest BCUT2D eigenvalue weighted by molar-refractivity contribution is -0.143. The van der Waals surface area contributed by atoms with Crippen LogP contribution in [0.2, 0.25) is 5.02 Å². The Labute approximate surface area is 186 Å². The molecule has 5 nitrogen and oxygen atoms in total. The van der Waals surface area contributed by atoms with Crippen molar-refractivity contribution in [2.24, 2.45) is 0 Å². The number of benzene rings is 3. The largest absolute Gasteiger partial charge is 0.468 e. The van der Waals surface area contributed by atoms with Gasteiger partial charge in [-0.25, -0.2) is 0 Å². The lowest BCUT2D eigenvalue weighted by atomic mass is 10.0. The third-order valence-electron chi connectivity index (χ3n) is 5.09. The van der Waals surface area contributed by atoms with E-state index in [9.17, 15) is 4.79 Å². The Balaban J connectivity index is 1.40. The van der Waals surface area contributed by atoms with Crippen molar-refractivity contribution in [3.05, 3.63) is 95.1 Å². The maximum absolute atomic E-state index is 12.4. The van der Waals surface area contributed by atoms with Gasteiger partial charge in [0.1, 0.15) is 17.5 Å². The Morgan fingerprint density at radius 2 is 1.84 bits per heavy atom. The molecule has 0 spiro atoms. The van der Waals surface area contributed by atoms with Gasteiger partial charge in [0.2, 0.25) is 0 Å². The van der Waals surface area contributed by atoms with Crippen LogP contribution in [0.15, 0.2) is 79.0 Å². The molecule has 0 unspecified atom stereocenters. The number of hydrogen-bond donors (Lipinski definition) is 2. The van der Waals surface area contributed by atoms with Gasteiger partial charge in [0.05, 0.1) is 7.11 Å². The third-order valence-corrected chi connectivity index (χ3v) is 5.33. The molecule has 3 aromatic carbocycles. The molecular formula is C25H23ClN2O3. The molecular weight excluding hydrogens is 412 g/mol. The Kier molecular flexibility index (Phi) is 6.55. The number of ether oxygens (including phenoxy) is 2. The van der Waals surface area contributed by atoms with Crippen LogP contribution in [0.25, 0.3) is 10.9 Å². The Bertz CT molecular complexity index is 1170. The van der Waals surface area contributed by atoms with E-state index in [-0.39, 0.29) is 5.97 Å². The molecule has 0 amide bonds. The normalized spacial score (nSPS) is 11.9. The van der Waals surface area contributed by atoms with Crippen molar-refractivity contribution in [1.82, 2.24) is 10.3 Å². The lowest BCUT2D eigenvalue weighted by Crippen LogP contribution is -2.39. The molecule has 0 saturated carbocycles. The van der Waals surface area contributed by atoms with E-state index in [1.54, 1.807) is 12.1 Å². The van der Waals surface area contributed by atoms with Gasteiger partial charge in [0.25, 0.3) is 0 Å². The summed E-state index contributed by atoms with van der Waals surface area (Å²) >= 11 is 6.00. The van der Waals surface area contributed by atoms with E-state index in [1.807, 2.05) is 66.9 Å². The number of carbonyl (C=O) groups is 1. The first-order chi connectivity index (χ1) is 15.1. The standard InChI is InChI=1S/C25H23ClN2O3/c1-30-25(29)24(13-18-16-28-23-8-3-2-7-22(18)23)27-15-17-9-11-20(12-10-17)31-21-6-4-5-19(26)14-21/h2-12,14,16,24,27-28H,13,15H2,1H3/t24-/m0/s1. The highest BCUT2D eigenvalue weighted by molar-refractivity contribution is 6.30. The van der Waals surface area contributed by atoms with Crippen molar-refractivity contribution in [3.63, 3.8) is 0 Å². The van der Waals surface area contributed by atoms with Gasteiger partial charge in [-0.3, -0.25) is 4.79 Å². The van der Waals surface area contributed by atoms with Crippen LogP contribution in [0.3, 0.4) is 0 Å². The molecule has 31 heavy (non-hydrogen) atoms. The Morgan fingerprint density at radius 1 is 1.03 bits per heavy atom. The average molecular weight is 435 g/mol. The van der Waals surface area contributed by atoms with E-state index < -0.39 is 6.04 Å². The van der Waals surface area contributed by atoms with Crippen LogP contribution in [0.4, 0.5) is 0 Å². The molecule has 0 radical (unpaired) electrons. The summed E-state index contributed by atoms with van der Waals surface area (Å²) in [6.45, 7) is 0.527. The maximum atomic E-state index is 12.4. The molecule has 2 N–H and O–H groups in total. The zero-order valence-electron chi connectivity index (χ0n) is 17.1. The second-order valence-electron chi connectivity index (χ2n) is 7.22. The van der Waals surface area contributed by atoms with Gasteiger partial charge in [0, 0.05) is 35.1 Å². The number of halogens is 1. The van der Waals surface area contributed by atoms with Crippen molar-refractivity contribution in [1.29, 1.82) is 0 Å². The smallest absolute Gasteiger partial charge is 0.323 e. The van der Waals surface area contributed by atoms with Crippen LogP contribution in [-0.2, 0) is 22.5 Å². The predicted octanol–water partition coefficient (Wildman–Crippen LogP) is 5.49. The van der Waals surface area contributed by atoms with Crippen molar-refractivity contribution < 1.29 is 14.3 Å². The molecule has 4 rings (SSSR count). The van der Waals surface area contributed by atoms with Crippen molar-refractivity contribution >= 4 is 28.5 Å². The summed E-state index contributed by atoms with van der Waals surface area (Å²) in [5.74, 6) is 1.11. The molecule has 0 fully saturated rings. The second kappa shape index (κ2) is 9.69. The molecule has 1 atom stereocenters. The fourth-order valence-electron chi connectivity index (χ4n) is 3.48. The van der Waals surface area contributed by atoms with Crippen molar-refractivity contribution in [3.8, 4) is 11.5 Å². The summed E-state index contributed by atoms with van der Waals surface area (Å²) in [5.41, 5.74) is 3.16. The first kappa shape index (κ1) is 21.0. The van der Waals surface area contributed by atoms with E-state index >= 15 is 0 Å². The van der Waals surface area contributed by atoms with Gasteiger partial charge in [-0.2, -0.15) is 0 Å². The SMILES string of the molecule is COC(=O)[C@H](Cc1c[nH]c2ccccc12)NCc1ccc(Oc2cccc(Cl)c2)cc1. The zero-order valence-corrected chi connectivity index (χ0v) is 17.9. The summed E-state index contributed by atoms with van der Waals surface area (Å²) in [7, 11) is 1.41. The van der Waals surface area contributed by atoms with Gasteiger partial charge in [-0.1, -0.05) is 48.0 Å². The number of methoxy groups -OCH3 is 1. The van der Waals surface area contributed by atoms with Gasteiger partial charge in [0.15, 0.2) is 0 Å². The molecule has 0 aliphatic carbocycles. The van der Waals surface area contributed by atoms with E-state index in [1.165, 1.54) is 7.11 Å². The summed E-state index contributed by atoms with van der Waals surface area (Å²) < 4.78 is 10.8. The molecule has 0 aliphatic heterocycles. The van der Waals surface area contributed by atoms with Gasteiger partial charge >= 0.3 is 5.97 Å². The third kappa shape index (κ3) is 5.26. The van der Waals surface area contributed by atoms with E-state index in [0.717, 1.165) is 22.0 Å². The lowest BCUT2D eigenvalue weighted by Gasteiger charge is -2.16. The molecule has 0 saturated heterocycles. The van der Waals surface area contributed by atoms with Crippen LogP contribution in [0.5, 0.6) is 11.5 Å².